The Morgan fingerprint density at radius 2 is 1.23 bits per heavy atom. The minimum Gasteiger partial charge on any atom is -0.508 e. The fraction of sp³-hybridized carbons (Fsp3) is 0.0811. The topological polar surface area (TPSA) is 46.2 Å². The van der Waals surface area contributed by atoms with Crippen LogP contribution in [0.25, 0.3) is 27.8 Å². The van der Waals surface area contributed by atoms with Gasteiger partial charge in [-0.15, -0.1) is 0 Å². The maximum Gasteiger partial charge on any atom is 0.115 e. The molecule has 1 atom stereocenters. The van der Waals surface area contributed by atoms with E-state index in [2.05, 4.69) is 109 Å². The van der Waals surface area contributed by atoms with Crippen molar-refractivity contribution in [1.29, 1.82) is 0 Å². The van der Waals surface area contributed by atoms with Crippen LogP contribution in [0.3, 0.4) is 0 Å². The summed E-state index contributed by atoms with van der Waals surface area (Å²) in [7, 11) is 0. The summed E-state index contributed by atoms with van der Waals surface area (Å²) in [6.07, 6.45) is 8.76. The average Bonchev–Trinajstić information content (AvgIpc) is 3.30. The Balaban J connectivity index is 1.66. The van der Waals surface area contributed by atoms with Gasteiger partial charge in [0.25, 0.3) is 0 Å². The molecule has 5 aromatic rings. The quantitative estimate of drug-likeness (QED) is 0.236. The van der Waals surface area contributed by atoms with Gasteiger partial charge in [0.05, 0.1) is 5.41 Å². The van der Waals surface area contributed by atoms with Crippen LogP contribution in [0.15, 0.2) is 133 Å². The van der Waals surface area contributed by atoms with Crippen LogP contribution in [0.2, 0.25) is 0 Å². The summed E-state index contributed by atoms with van der Waals surface area (Å²) >= 11 is 0. The summed E-state index contributed by atoms with van der Waals surface area (Å²) in [6, 6.07) is 40.2. The van der Waals surface area contributed by atoms with E-state index < -0.39 is 5.41 Å². The summed E-state index contributed by atoms with van der Waals surface area (Å²) in [5.74, 6) is 0.260. The highest BCUT2D eigenvalue weighted by Gasteiger charge is 2.47. The Morgan fingerprint density at radius 3 is 1.87 bits per heavy atom. The van der Waals surface area contributed by atoms with Gasteiger partial charge >= 0.3 is 0 Å². The van der Waals surface area contributed by atoms with Crippen LogP contribution in [-0.2, 0) is 5.41 Å². The molecule has 0 saturated carbocycles. The van der Waals surface area contributed by atoms with E-state index in [0.29, 0.717) is 0 Å². The number of phenols is 1. The van der Waals surface area contributed by atoms with Crippen LogP contribution in [0.1, 0.15) is 40.7 Å². The minimum atomic E-state index is -0.571. The summed E-state index contributed by atoms with van der Waals surface area (Å²) in [5, 5.41) is 10.3. The van der Waals surface area contributed by atoms with Crippen molar-refractivity contribution in [2.75, 3.05) is 5.73 Å². The highest BCUT2D eigenvalue weighted by Crippen LogP contribution is 2.60. The van der Waals surface area contributed by atoms with Gasteiger partial charge in [0.2, 0.25) is 0 Å². The predicted octanol–water partition coefficient (Wildman–Crippen LogP) is 8.74. The summed E-state index contributed by atoms with van der Waals surface area (Å²) in [5.41, 5.74) is 18.8. The normalized spacial score (nSPS) is 17.4. The first-order valence-corrected chi connectivity index (χ1v) is 13.5. The van der Waals surface area contributed by atoms with Gasteiger partial charge in [0, 0.05) is 5.69 Å². The van der Waals surface area contributed by atoms with Gasteiger partial charge < -0.3 is 10.8 Å². The molecule has 0 radical (unpaired) electrons. The highest BCUT2D eigenvalue weighted by atomic mass is 16.3. The molecule has 0 spiro atoms. The molecule has 2 nitrogen and oxygen atoms in total. The lowest BCUT2D eigenvalue weighted by atomic mass is 9.67. The van der Waals surface area contributed by atoms with Crippen LogP contribution in [-0.4, -0.2) is 5.11 Å². The van der Waals surface area contributed by atoms with Gasteiger partial charge in [-0.05, 0) is 92.8 Å². The van der Waals surface area contributed by atoms with Gasteiger partial charge in [-0.2, -0.15) is 0 Å². The van der Waals surface area contributed by atoms with Crippen molar-refractivity contribution in [3.63, 3.8) is 0 Å². The zero-order chi connectivity index (χ0) is 26.4. The lowest BCUT2D eigenvalue weighted by Gasteiger charge is -2.34. The molecule has 0 amide bonds. The van der Waals surface area contributed by atoms with Crippen molar-refractivity contribution in [3.05, 3.63) is 161 Å². The SMILES string of the molecule is Nc1ccc(C2(c3ccc(O)cc3)c3cccc(C4=CC=CCC4)c3-c3c(-c4ccccc4)cccc32)cc1. The van der Waals surface area contributed by atoms with E-state index in [0.717, 1.165) is 29.7 Å². The van der Waals surface area contributed by atoms with Crippen molar-refractivity contribution in [2.45, 2.75) is 18.3 Å². The molecule has 3 N–H and O–H groups in total. The number of hydrogen-bond acceptors (Lipinski definition) is 2. The van der Waals surface area contributed by atoms with Gasteiger partial charge in [-0.25, -0.2) is 0 Å². The smallest absolute Gasteiger partial charge is 0.115 e. The van der Waals surface area contributed by atoms with E-state index >= 15 is 0 Å². The molecular weight excluding hydrogens is 474 g/mol. The van der Waals surface area contributed by atoms with Crippen LogP contribution < -0.4 is 5.73 Å². The molecule has 1 unspecified atom stereocenters. The van der Waals surface area contributed by atoms with Crippen LogP contribution in [0.4, 0.5) is 5.69 Å². The van der Waals surface area contributed by atoms with Gasteiger partial charge in [-0.1, -0.05) is 109 Å². The van der Waals surface area contributed by atoms with Gasteiger partial charge in [0.15, 0.2) is 0 Å². The molecule has 5 aromatic carbocycles. The number of allylic oxidation sites excluding steroid dienone is 4. The second kappa shape index (κ2) is 9.18. The van der Waals surface area contributed by atoms with E-state index in [4.69, 9.17) is 5.73 Å². The number of aromatic hydroxyl groups is 1. The summed E-state index contributed by atoms with van der Waals surface area (Å²) in [6.45, 7) is 0. The third kappa shape index (κ3) is 3.56. The number of rotatable bonds is 4. The highest BCUT2D eigenvalue weighted by molar-refractivity contribution is 6.00. The van der Waals surface area contributed by atoms with E-state index in [-0.39, 0.29) is 5.75 Å². The zero-order valence-electron chi connectivity index (χ0n) is 21.6. The maximum absolute atomic E-state index is 10.3. The maximum atomic E-state index is 10.3. The average molecular weight is 504 g/mol. The molecule has 2 aliphatic carbocycles. The number of hydrogen-bond donors (Lipinski definition) is 2. The zero-order valence-corrected chi connectivity index (χ0v) is 21.6. The first-order valence-electron chi connectivity index (χ1n) is 13.5. The minimum absolute atomic E-state index is 0.260. The number of nitrogens with two attached hydrogens (primary N) is 1. The van der Waals surface area contributed by atoms with Crippen molar-refractivity contribution < 1.29 is 5.11 Å². The van der Waals surface area contributed by atoms with Crippen LogP contribution >= 0.6 is 0 Å². The van der Waals surface area contributed by atoms with Crippen LogP contribution in [0, 0.1) is 0 Å². The standard InChI is InChI=1S/C37H29NO/c38-29-21-17-27(18-22-29)37(28-19-23-30(39)24-20-28)33-15-7-13-31(25-9-3-1-4-10-25)35(33)36-32(14-8-16-34(36)37)26-11-5-2-6-12-26/h1-5,7-11,13-24,39H,6,12,38H2. The Hall–Kier alpha value is -4.82. The number of benzene rings is 5. The monoisotopic (exact) mass is 503 g/mol. The molecule has 2 aliphatic rings. The fourth-order valence-corrected chi connectivity index (χ4v) is 6.60. The number of nitrogen functional groups attached to an aromatic ring is 1. The summed E-state index contributed by atoms with van der Waals surface area (Å²) in [4.78, 5) is 0. The van der Waals surface area contributed by atoms with Crippen LogP contribution in [0.5, 0.6) is 5.75 Å². The Kier molecular flexibility index (Phi) is 5.49. The summed E-state index contributed by atoms with van der Waals surface area (Å²) < 4.78 is 0. The Morgan fingerprint density at radius 1 is 0.615 bits per heavy atom. The lowest BCUT2D eigenvalue weighted by Crippen LogP contribution is -2.28. The molecule has 7 rings (SSSR count). The molecule has 2 heteroatoms. The van der Waals surface area contributed by atoms with E-state index in [1.807, 2.05) is 12.1 Å². The lowest BCUT2D eigenvalue weighted by molar-refractivity contribution is 0.475. The molecule has 188 valence electrons. The number of fused-ring (bicyclic) bond motifs is 3. The van der Waals surface area contributed by atoms with Crippen molar-refractivity contribution in [2.24, 2.45) is 0 Å². The van der Waals surface area contributed by atoms with Crippen molar-refractivity contribution in [1.82, 2.24) is 0 Å². The predicted molar refractivity (Wildman–Crippen MR) is 162 cm³/mol. The van der Waals surface area contributed by atoms with E-state index in [1.165, 1.54) is 44.5 Å². The second-order valence-electron chi connectivity index (χ2n) is 10.4. The molecule has 0 heterocycles. The van der Waals surface area contributed by atoms with Gasteiger partial charge in [-0.3, -0.25) is 0 Å². The molecule has 0 aliphatic heterocycles. The number of phenolic OH excluding ortho intramolecular Hbond substituents is 1. The third-order valence-electron chi connectivity index (χ3n) is 8.28. The molecular formula is C37H29NO. The van der Waals surface area contributed by atoms with Crippen molar-refractivity contribution in [3.8, 4) is 28.0 Å². The molecule has 0 aromatic heterocycles. The molecule has 0 bridgehead atoms. The Bertz CT molecular complexity index is 1700. The largest absolute Gasteiger partial charge is 0.508 e. The fourth-order valence-electron chi connectivity index (χ4n) is 6.60. The van der Waals surface area contributed by atoms with Crippen molar-refractivity contribution >= 4 is 11.3 Å². The van der Waals surface area contributed by atoms with Gasteiger partial charge in [0.1, 0.15) is 5.75 Å². The molecule has 0 fully saturated rings. The van der Waals surface area contributed by atoms with E-state index in [1.54, 1.807) is 12.1 Å². The second-order valence-corrected chi connectivity index (χ2v) is 10.4. The Labute approximate surface area is 229 Å². The first kappa shape index (κ1) is 23.3. The molecule has 0 saturated heterocycles. The third-order valence-corrected chi connectivity index (χ3v) is 8.28. The molecule has 39 heavy (non-hydrogen) atoms. The first-order chi connectivity index (χ1) is 19.2. The number of anilines is 1. The van der Waals surface area contributed by atoms with E-state index in [9.17, 15) is 5.11 Å².